The average molecular weight is 435 g/mol. The third-order valence-corrected chi connectivity index (χ3v) is 6.33. The Morgan fingerprint density at radius 1 is 1.16 bits per heavy atom. The van der Waals surface area contributed by atoms with Gasteiger partial charge >= 0.3 is 0 Å². The Morgan fingerprint density at radius 3 is 2.72 bits per heavy atom. The monoisotopic (exact) mass is 434 g/mol. The number of hydrogen-bond donors (Lipinski definition) is 1. The molecule has 1 aromatic heterocycles. The molecule has 6 nitrogen and oxygen atoms in total. The first-order valence-corrected chi connectivity index (χ1v) is 11.6. The molecule has 1 heterocycles. The molecular formula is C26H30N2O4. The highest BCUT2D eigenvalue weighted by Gasteiger charge is 2.32. The molecule has 0 spiro atoms. The molecule has 1 aromatic carbocycles. The van der Waals surface area contributed by atoms with Crippen molar-refractivity contribution in [1.29, 1.82) is 0 Å². The van der Waals surface area contributed by atoms with Gasteiger partial charge < -0.3 is 9.63 Å². The van der Waals surface area contributed by atoms with E-state index in [1.807, 2.05) is 30.3 Å². The molecule has 0 saturated heterocycles. The summed E-state index contributed by atoms with van der Waals surface area (Å²) in [6.45, 7) is 2.70. The van der Waals surface area contributed by atoms with Crippen LogP contribution in [0.5, 0.6) is 0 Å². The van der Waals surface area contributed by atoms with E-state index in [4.69, 9.17) is 9.52 Å². The molecule has 1 unspecified atom stereocenters. The van der Waals surface area contributed by atoms with Crippen molar-refractivity contribution >= 4 is 17.3 Å². The number of hydrogen-bond acceptors (Lipinski definition) is 6. The van der Waals surface area contributed by atoms with Crippen LogP contribution in [0.1, 0.15) is 85.2 Å². The molecule has 168 valence electrons. The second-order valence-corrected chi connectivity index (χ2v) is 8.65. The molecule has 4 rings (SSSR count). The zero-order valence-corrected chi connectivity index (χ0v) is 18.6. The summed E-state index contributed by atoms with van der Waals surface area (Å²) in [4.78, 5) is 30.2. The van der Waals surface area contributed by atoms with E-state index in [0.717, 1.165) is 31.2 Å². The van der Waals surface area contributed by atoms with Crippen LogP contribution in [-0.4, -0.2) is 34.1 Å². The van der Waals surface area contributed by atoms with E-state index >= 15 is 0 Å². The van der Waals surface area contributed by atoms with Crippen molar-refractivity contribution < 1.29 is 19.2 Å². The minimum atomic E-state index is -0.0730. The van der Waals surface area contributed by atoms with Gasteiger partial charge in [-0.25, -0.2) is 0 Å². The number of nitrogens with zero attached hydrogens (tertiary/aromatic N) is 2. The highest BCUT2D eigenvalue weighted by Crippen LogP contribution is 2.35. The van der Waals surface area contributed by atoms with E-state index in [-0.39, 0.29) is 23.2 Å². The zero-order chi connectivity index (χ0) is 22.5. The van der Waals surface area contributed by atoms with Crippen molar-refractivity contribution in [3.63, 3.8) is 0 Å². The van der Waals surface area contributed by atoms with Crippen LogP contribution >= 0.6 is 0 Å². The van der Waals surface area contributed by atoms with Crippen LogP contribution in [0.4, 0.5) is 0 Å². The van der Waals surface area contributed by atoms with Crippen LogP contribution in [0.3, 0.4) is 0 Å². The first kappa shape index (κ1) is 22.2. The van der Waals surface area contributed by atoms with Gasteiger partial charge in [-0.05, 0) is 37.2 Å². The van der Waals surface area contributed by atoms with Crippen LogP contribution in [0.25, 0.3) is 0 Å². The van der Waals surface area contributed by atoms with Crippen LogP contribution in [0.2, 0.25) is 0 Å². The second-order valence-electron chi connectivity index (χ2n) is 8.65. The maximum Gasteiger partial charge on any atom is 0.168 e. The fourth-order valence-electron chi connectivity index (χ4n) is 4.63. The van der Waals surface area contributed by atoms with Gasteiger partial charge in [-0.15, -0.1) is 0 Å². The predicted octanol–water partition coefficient (Wildman–Crippen LogP) is 5.33. The first-order valence-electron chi connectivity index (χ1n) is 11.6. The van der Waals surface area contributed by atoms with Crippen LogP contribution < -0.4 is 0 Å². The fourth-order valence-corrected chi connectivity index (χ4v) is 4.63. The van der Waals surface area contributed by atoms with Gasteiger partial charge in [0.15, 0.2) is 11.6 Å². The Balaban J connectivity index is 1.57. The number of aliphatic hydroxyl groups is 1. The lowest BCUT2D eigenvalue weighted by molar-refractivity contribution is -0.116. The minimum absolute atomic E-state index is 0.0236. The summed E-state index contributed by atoms with van der Waals surface area (Å²) < 4.78 is 5.40. The van der Waals surface area contributed by atoms with Gasteiger partial charge in [0, 0.05) is 37.9 Å². The van der Waals surface area contributed by atoms with E-state index in [0.29, 0.717) is 67.0 Å². The lowest BCUT2D eigenvalue weighted by Gasteiger charge is -2.24. The largest absolute Gasteiger partial charge is 0.511 e. The molecule has 32 heavy (non-hydrogen) atoms. The molecule has 0 radical (unpaired) electrons. The van der Waals surface area contributed by atoms with Gasteiger partial charge in [0.2, 0.25) is 0 Å². The van der Waals surface area contributed by atoms with Crippen LogP contribution in [0.15, 0.2) is 51.2 Å². The predicted molar refractivity (Wildman–Crippen MR) is 122 cm³/mol. The molecule has 0 saturated carbocycles. The third kappa shape index (κ3) is 4.74. The molecule has 2 aliphatic carbocycles. The standard InChI is InChI=1S/C26H30N2O4/c1-2-3-14-27-19(12-13-20-26-21(29)10-7-11-24(26)32-28-20)25-22(30)15-18(16-23(25)31)17-8-5-4-6-9-17/h4-6,8-9,18,30H,2-3,7,10-16H2,1H3. The highest BCUT2D eigenvalue weighted by molar-refractivity contribution is 6.23. The lowest BCUT2D eigenvalue weighted by atomic mass is 9.80. The number of rotatable bonds is 8. The summed E-state index contributed by atoms with van der Waals surface area (Å²) in [5.74, 6) is 0.764. The van der Waals surface area contributed by atoms with Gasteiger partial charge in [-0.2, -0.15) is 0 Å². The van der Waals surface area contributed by atoms with Gasteiger partial charge in [-0.1, -0.05) is 48.8 Å². The molecule has 2 aromatic rings. The first-order chi connectivity index (χ1) is 15.6. The minimum Gasteiger partial charge on any atom is -0.511 e. The summed E-state index contributed by atoms with van der Waals surface area (Å²) in [7, 11) is 0. The molecule has 2 aliphatic rings. The third-order valence-electron chi connectivity index (χ3n) is 6.33. The number of aromatic nitrogens is 1. The zero-order valence-electron chi connectivity index (χ0n) is 18.6. The number of unbranched alkanes of at least 4 members (excludes halogenated alkanes) is 1. The van der Waals surface area contributed by atoms with Crippen molar-refractivity contribution in [2.75, 3.05) is 6.54 Å². The summed E-state index contributed by atoms with van der Waals surface area (Å²) in [6.07, 6.45) is 5.64. The van der Waals surface area contributed by atoms with E-state index in [9.17, 15) is 14.7 Å². The molecule has 6 heteroatoms. The average Bonchev–Trinajstić information content (AvgIpc) is 3.21. The fraction of sp³-hybridized carbons (Fsp3) is 0.462. The number of carbonyl (C=O) groups is 2. The topological polar surface area (TPSA) is 92.8 Å². The number of aliphatic imine (C=N–C) groups is 1. The Labute approximate surface area is 188 Å². The smallest absolute Gasteiger partial charge is 0.168 e. The Hall–Kier alpha value is -3.02. The van der Waals surface area contributed by atoms with Crippen molar-refractivity contribution in [1.82, 2.24) is 5.16 Å². The number of fused-ring (bicyclic) bond motifs is 1. The second kappa shape index (κ2) is 10.1. The van der Waals surface area contributed by atoms with E-state index < -0.39 is 0 Å². The molecule has 0 amide bonds. The molecule has 1 N–H and O–H groups in total. The Bertz CT molecular complexity index is 1050. The summed E-state index contributed by atoms with van der Waals surface area (Å²) in [5.41, 5.74) is 3.29. The Kier molecular flexibility index (Phi) is 6.98. The highest BCUT2D eigenvalue weighted by atomic mass is 16.5. The van der Waals surface area contributed by atoms with Gasteiger partial charge in [0.05, 0.1) is 16.8 Å². The van der Waals surface area contributed by atoms with E-state index in [1.54, 1.807) is 0 Å². The SMILES string of the molecule is CCCCN=C(CCc1noc2c1C(=O)CCC2)C1=C(O)CC(c2ccccc2)CC1=O. The lowest BCUT2D eigenvalue weighted by Crippen LogP contribution is -2.24. The number of carbonyl (C=O) groups excluding carboxylic acids is 2. The number of ketones is 2. The summed E-state index contributed by atoms with van der Waals surface area (Å²) in [6, 6.07) is 9.84. The number of Topliss-reactive ketones (excluding diaryl/α,β-unsaturated/α-hetero) is 2. The number of benzene rings is 1. The molecule has 0 fully saturated rings. The van der Waals surface area contributed by atoms with Gasteiger partial charge in [0.25, 0.3) is 0 Å². The molecular weight excluding hydrogens is 404 g/mol. The summed E-state index contributed by atoms with van der Waals surface area (Å²) >= 11 is 0. The number of aryl methyl sites for hydroxylation is 2. The van der Waals surface area contributed by atoms with Crippen molar-refractivity contribution in [3.05, 3.63) is 64.2 Å². The van der Waals surface area contributed by atoms with Crippen molar-refractivity contribution in [2.45, 2.75) is 70.6 Å². The van der Waals surface area contributed by atoms with Gasteiger partial charge in [-0.3, -0.25) is 14.6 Å². The van der Waals surface area contributed by atoms with Gasteiger partial charge in [0.1, 0.15) is 11.5 Å². The quantitative estimate of drug-likeness (QED) is 0.448. The number of aliphatic hydroxyl groups excluding tert-OH is 1. The summed E-state index contributed by atoms with van der Waals surface area (Å²) in [5, 5.41) is 15.0. The Morgan fingerprint density at radius 2 is 1.97 bits per heavy atom. The van der Waals surface area contributed by atoms with E-state index in [1.165, 1.54) is 0 Å². The van der Waals surface area contributed by atoms with Crippen molar-refractivity contribution in [2.24, 2.45) is 4.99 Å². The molecule has 1 atom stereocenters. The van der Waals surface area contributed by atoms with E-state index in [2.05, 4.69) is 12.1 Å². The molecule has 0 aliphatic heterocycles. The molecule has 0 bridgehead atoms. The van der Waals surface area contributed by atoms with Crippen LogP contribution in [0, 0.1) is 0 Å². The maximum absolute atomic E-state index is 13.1. The van der Waals surface area contributed by atoms with Crippen molar-refractivity contribution in [3.8, 4) is 0 Å². The van der Waals surface area contributed by atoms with Crippen LogP contribution in [-0.2, 0) is 17.6 Å². The number of allylic oxidation sites excluding steroid dienone is 2. The normalized spacial score (nSPS) is 19.4. The maximum atomic E-state index is 13.1.